The molecular formula is C13H18N6O2. The first kappa shape index (κ1) is 12.4. The molecule has 0 heterocycles. The maximum atomic E-state index is 10.9. The monoisotopic (exact) mass is 290 g/mol. The molecule has 21 heavy (non-hydrogen) atoms. The van der Waals surface area contributed by atoms with E-state index in [1.165, 1.54) is 6.42 Å². The molecule has 0 unspecified atom stereocenters. The lowest BCUT2D eigenvalue weighted by atomic mass is 9.77. The third-order valence-corrected chi connectivity index (χ3v) is 5.41. The van der Waals surface area contributed by atoms with Crippen molar-refractivity contribution in [2.45, 2.75) is 6.42 Å². The highest BCUT2D eigenvalue weighted by Gasteiger charge is 2.64. The number of carbonyl (C=O) groups excluding carboxylic acids is 2. The lowest BCUT2D eigenvalue weighted by Gasteiger charge is -2.30. The smallest absolute Gasteiger partial charge is 0.330 e. The van der Waals surface area contributed by atoms with Gasteiger partial charge in [0.05, 0.1) is 0 Å². The van der Waals surface area contributed by atoms with Crippen molar-refractivity contribution in [2.24, 2.45) is 47.0 Å². The first-order valence-corrected chi connectivity index (χ1v) is 7.12. The Hall–Kier alpha value is -2.38. The topological polar surface area (TPSA) is 134 Å². The highest BCUT2D eigenvalue weighted by Crippen LogP contribution is 2.68. The fourth-order valence-electron chi connectivity index (χ4n) is 4.98. The molecule has 8 heteroatoms. The number of urea groups is 2. The van der Waals surface area contributed by atoms with Crippen LogP contribution in [0.4, 0.5) is 9.59 Å². The van der Waals surface area contributed by atoms with E-state index in [0.29, 0.717) is 35.5 Å². The van der Waals surface area contributed by atoms with Crippen molar-refractivity contribution in [3.63, 3.8) is 0 Å². The molecule has 0 aromatic rings. The van der Waals surface area contributed by atoms with Crippen molar-refractivity contribution in [2.75, 3.05) is 0 Å². The van der Waals surface area contributed by atoms with Gasteiger partial charge in [-0.25, -0.2) is 9.59 Å². The van der Waals surface area contributed by atoms with E-state index in [1.54, 1.807) is 0 Å². The molecule has 112 valence electrons. The van der Waals surface area contributed by atoms with Crippen molar-refractivity contribution < 1.29 is 9.59 Å². The zero-order chi connectivity index (χ0) is 14.7. The SMILES string of the molecule is NC(=O)NNC1=C[C@@H]2[C@@H]3C=C(NNC(N)=O)[C@H]4[C@@H]3C[C@@H]2[C@@H]14. The predicted molar refractivity (Wildman–Crippen MR) is 73.4 cm³/mol. The van der Waals surface area contributed by atoms with Crippen molar-refractivity contribution in [1.29, 1.82) is 0 Å². The summed E-state index contributed by atoms with van der Waals surface area (Å²) in [5.41, 5.74) is 23.1. The third kappa shape index (κ3) is 1.61. The second-order valence-corrected chi connectivity index (χ2v) is 6.24. The molecule has 0 radical (unpaired) electrons. The minimum Gasteiger partial charge on any atom is -0.350 e. The molecule has 4 amide bonds. The van der Waals surface area contributed by atoms with Crippen LogP contribution in [0, 0.1) is 35.5 Å². The van der Waals surface area contributed by atoms with Crippen LogP contribution >= 0.6 is 0 Å². The second kappa shape index (κ2) is 4.06. The number of hydrogen-bond acceptors (Lipinski definition) is 4. The number of amides is 4. The number of hydrazine groups is 2. The maximum absolute atomic E-state index is 10.9. The summed E-state index contributed by atoms with van der Waals surface area (Å²) >= 11 is 0. The summed E-state index contributed by atoms with van der Waals surface area (Å²) in [5.74, 6) is 2.87. The van der Waals surface area contributed by atoms with Crippen LogP contribution in [0.25, 0.3) is 0 Å². The standard InChI is InChI=1S/C13H18N6O2/c14-12(20)18-16-8-2-4-5-3-9(17-19-13(15)21)11-7(5)1-6(4)10(8)11/h2-7,10-11,16-17H,1H2,(H3,14,18,20)(H3,15,19,21)/t4-,5+,6+,7-,10+,11-. The van der Waals surface area contributed by atoms with Gasteiger partial charge in [0, 0.05) is 23.2 Å². The number of hydrogen-bond donors (Lipinski definition) is 6. The number of primary amides is 2. The Morgan fingerprint density at radius 2 is 1.33 bits per heavy atom. The molecule has 8 N–H and O–H groups in total. The molecule has 8 nitrogen and oxygen atoms in total. The third-order valence-electron chi connectivity index (χ3n) is 5.41. The van der Waals surface area contributed by atoms with E-state index in [9.17, 15) is 9.59 Å². The zero-order valence-corrected chi connectivity index (χ0v) is 11.3. The summed E-state index contributed by atoms with van der Waals surface area (Å²) in [5, 5.41) is 0. The molecule has 4 aliphatic rings. The number of nitrogens with one attached hydrogen (secondary N) is 4. The fourth-order valence-corrected chi connectivity index (χ4v) is 4.98. The van der Waals surface area contributed by atoms with Gasteiger partial charge in [-0.3, -0.25) is 10.9 Å². The molecule has 2 saturated carbocycles. The van der Waals surface area contributed by atoms with Gasteiger partial charge in [-0.05, 0) is 30.1 Å². The average molecular weight is 290 g/mol. The van der Waals surface area contributed by atoms with Gasteiger partial charge in [0.15, 0.2) is 0 Å². The summed E-state index contributed by atoms with van der Waals surface area (Å²) in [6.45, 7) is 0. The summed E-state index contributed by atoms with van der Waals surface area (Å²) in [6.07, 6.45) is 5.64. The maximum Gasteiger partial charge on any atom is 0.330 e. The second-order valence-electron chi connectivity index (χ2n) is 6.24. The Morgan fingerprint density at radius 1 is 0.905 bits per heavy atom. The normalized spacial score (nSPS) is 40.6. The summed E-state index contributed by atoms with van der Waals surface area (Å²) in [7, 11) is 0. The van der Waals surface area contributed by atoms with Gasteiger partial charge >= 0.3 is 12.1 Å². The minimum atomic E-state index is -0.598. The molecule has 0 aromatic carbocycles. The molecule has 4 aliphatic carbocycles. The molecule has 0 spiro atoms. The van der Waals surface area contributed by atoms with Crippen LogP contribution in [-0.4, -0.2) is 12.1 Å². The first-order chi connectivity index (χ1) is 10.1. The molecule has 2 fully saturated rings. The van der Waals surface area contributed by atoms with Gasteiger partial charge in [0.25, 0.3) is 0 Å². The van der Waals surface area contributed by atoms with Crippen LogP contribution in [0.1, 0.15) is 6.42 Å². The van der Waals surface area contributed by atoms with Crippen molar-refractivity contribution >= 4 is 12.1 Å². The van der Waals surface area contributed by atoms with Crippen LogP contribution < -0.4 is 33.2 Å². The highest BCUT2D eigenvalue weighted by molar-refractivity contribution is 5.71. The van der Waals surface area contributed by atoms with E-state index in [4.69, 9.17) is 11.5 Å². The summed E-state index contributed by atoms with van der Waals surface area (Å²) in [6, 6.07) is -1.20. The number of nitrogens with two attached hydrogens (primary N) is 2. The molecular weight excluding hydrogens is 272 g/mol. The summed E-state index contributed by atoms with van der Waals surface area (Å²) < 4.78 is 0. The fraction of sp³-hybridized carbons (Fsp3) is 0.538. The van der Waals surface area contributed by atoms with Crippen molar-refractivity contribution in [3.8, 4) is 0 Å². The van der Waals surface area contributed by atoms with Gasteiger partial charge < -0.3 is 22.3 Å². The van der Waals surface area contributed by atoms with E-state index < -0.39 is 12.1 Å². The average Bonchev–Trinajstić information content (AvgIpc) is 3.03. The largest absolute Gasteiger partial charge is 0.350 e. The lowest BCUT2D eigenvalue weighted by molar-refractivity contribution is 0.228. The van der Waals surface area contributed by atoms with E-state index in [0.717, 1.165) is 11.4 Å². The van der Waals surface area contributed by atoms with Gasteiger partial charge in [-0.1, -0.05) is 12.2 Å². The van der Waals surface area contributed by atoms with Crippen LogP contribution in [-0.2, 0) is 0 Å². The summed E-state index contributed by atoms with van der Waals surface area (Å²) in [4.78, 5) is 21.8. The molecule has 0 saturated heterocycles. The number of fused-ring (bicyclic) bond motifs is 2. The highest BCUT2D eigenvalue weighted by atomic mass is 16.2. The van der Waals surface area contributed by atoms with Crippen LogP contribution in [0.15, 0.2) is 23.5 Å². The number of rotatable bonds is 4. The molecule has 6 atom stereocenters. The van der Waals surface area contributed by atoms with Gasteiger partial charge in [-0.15, -0.1) is 0 Å². The first-order valence-electron chi connectivity index (χ1n) is 7.12. The van der Waals surface area contributed by atoms with E-state index in [1.807, 2.05) is 0 Å². The molecule has 0 aromatic heterocycles. The molecule has 2 bridgehead atoms. The number of allylic oxidation sites excluding steroid dienone is 4. The van der Waals surface area contributed by atoms with E-state index in [2.05, 4.69) is 33.9 Å². The van der Waals surface area contributed by atoms with Gasteiger partial charge in [-0.2, -0.15) is 0 Å². The Balaban J connectivity index is 1.55. The molecule has 4 rings (SSSR count). The lowest BCUT2D eigenvalue weighted by Crippen LogP contribution is -2.45. The predicted octanol–water partition coefficient (Wildman–Crippen LogP) is -0.758. The van der Waals surface area contributed by atoms with Crippen LogP contribution in [0.5, 0.6) is 0 Å². The van der Waals surface area contributed by atoms with E-state index in [-0.39, 0.29) is 0 Å². The Bertz CT molecular complexity index is 535. The molecule has 0 aliphatic heterocycles. The quantitative estimate of drug-likeness (QED) is 0.379. The van der Waals surface area contributed by atoms with Crippen LogP contribution in [0.3, 0.4) is 0 Å². The van der Waals surface area contributed by atoms with E-state index >= 15 is 0 Å². The Kier molecular flexibility index (Phi) is 2.39. The van der Waals surface area contributed by atoms with Crippen LogP contribution in [0.2, 0.25) is 0 Å². The Labute approximate surface area is 121 Å². The van der Waals surface area contributed by atoms with Gasteiger partial charge in [0.1, 0.15) is 0 Å². The minimum absolute atomic E-state index is 0.332. The van der Waals surface area contributed by atoms with Crippen molar-refractivity contribution in [1.82, 2.24) is 21.7 Å². The van der Waals surface area contributed by atoms with Gasteiger partial charge in [0.2, 0.25) is 0 Å². The van der Waals surface area contributed by atoms with Crippen molar-refractivity contribution in [3.05, 3.63) is 23.5 Å². The number of carbonyl (C=O) groups is 2. The Morgan fingerprint density at radius 3 is 1.71 bits per heavy atom. The zero-order valence-electron chi connectivity index (χ0n) is 11.3.